The first-order valence-corrected chi connectivity index (χ1v) is 16.1. The molecule has 0 saturated carbocycles. The Balaban J connectivity index is 1.84. The number of hydrogen-bond acceptors (Lipinski definition) is 0. The van der Waals surface area contributed by atoms with E-state index in [0.29, 0.717) is 0 Å². The van der Waals surface area contributed by atoms with Crippen molar-refractivity contribution in [1.29, 1.82) is 0 Å². The summed E-state index contributed by atoms with van der Waals surface area (Å²) in [5, 5.41) is 0. The monoisotopic (exact) mass is 483 g/mol. The van der Waals surface area contributed by atoms with Gasteiger partial charge in [-0.15, -0.1) is 0 Å². The van der Waals surface area contributed by atoms with Crippen molar-refractivity contribution in [2.24, 2.45) is 0 Å². The average Bonchev–Trinajstić information content (AvgIpc) is 3.10. The molecule has 24 heavy (non-hydrogen) atoms. The van der Waals surface area contributed by atoms with Crippen LogP contribution in [0.5, 0.6) is 0 Å². The molecule has 0 atom stereocenters. The number of hydrogen-bond donors (Lipinski definition) is 0. The van der Waals surface area contributed by atoms with Gasteiger partial charge < -0.3 is 0 Å². The Morgan fingerprint density at radius 3 is 1.96 bits per heavy atom. The number of rotatable bonds is 8. The summed E-state index contributed by atoms with van der Waals surface area (Å²) in [6, 6.07) is 22.3. The summed E-state index contributed by atoms with van der Waals surface area (Å²) in [7, 11) is 0. The van der Waals surface area contributed by atoms with E-state index in [9.17, 15) is 0 Å². The summed E-state index contributed by atoms with van der Waals surface area (Å²) in [5.74, 6) is 0. The first-order chi connectivity index (χ1) is 11.9. The van der Waals surface area contributed by atoms with Crippen molar-refractivity contribution in [2.45, 2.75) is 41.0 Å². The van der Waals surface area contributed by atoms with Crippen molar-refractivity contribution in [1.82, 2.24) is 0 Å². The van der Waals surface area contributed by atoms with Crippen LogP contribution in [0.4, 0.5) is 0 Å². The molecule has 1 heteroatoms. The van der Waals surface area contributed by atoms with Crippen LogP contribution in [0.1, 0.15) is 43.7 Å². The molecule has 0 N–H and O–H groups in total. The number of unbranched alkanes of at least 4 members (excludes halogenated alkanes) is 1. The Morgan fingerprint density at radius 2 is 1.42 bits per heavy atom. The third-order valence-corrected chi connectivity index (χ3v) is 15.7. The van der Waals surface area contributed by atoms with Gasteiger partial charge in [0.1, 0.15) is 0 Å². The van der Waals surface area contributed by atoms with Crippen LogP contribution in [0, 0.1) is 0 Å². The molecule has 0 aromatic heterocycles. The van der Waals surface area contributed by atoms with Gasteiger partial charge >= 0.3 is 155 Å². The van der Waals surface area contributed by atoms with E-state index < -0.39 is 21.4 Å². The molecule has 0 bridgehead atoms. The number of benzene rings is 2. The first kappa shape index (κ1) is 17.6. The molecule has 3 rings (SSSR count). The van der Waals surface area contributed by atoms with Gasteiger partial charge in [-0.05, 0) is 0 Å². The maximum absolute atomic E-state index is 2.44. The molecule has 1 aliphatic carbocycles. The number of allylic oxidation sites excluding steroid dienone is 4. The summed E-state index contributed by atoms with van der Waals surface area (Å²) in [5.41, 5.74) is 4.79. The third kappa shape index (κ3) is 4.89. The van der Waals surface area contributed by atoms with Gasteiger partial charge in [0, 0.05) is 0 Å². The minimum absolute atomic E-state index is 1.24. The Bertz CT molecular complexity index is 641. The Labute approximate surface area is 154 Å². The van der Waals surface area contributed by atoms with E-state index in [4.69, 9.17) is 0 Å². The molecular formula is C23H27Hf. The molecule has 0 radical (unpaired) electrons. The van der Waals surface area contributed by atoms with Gasteiger partial charge in [0.05, 0.1) is 0 Å². The first-order valence-electron chi connectivity index (χ1n) is 9.18. The second kappa shape index (κ2) is 9.32. The van der Waals surface area contributed by atoms with Crippen molar-refractivity contribution in [3.8, 4) is 0 Å². The molecular weight excluding hydrogens is 455 g/mol. The van der Waals surface area contributed by atoms with E-state index in [2.05, 4.69) is 79.7 Å². The van der Waals surface area contributed by atoms with Crippen LogP contribution >= 0.6 is 0 Å². The Hall–Kier alpha value is -1.21. The molecule has 1 aliphatic rings. The predicted molar refractivity (Wildman–Crippen MR) is 101 cm³/mol. The normalized spacial score (nSPS) is 13.5. The molecule has 0 spiro atoms. The van der Waals surface area contributed by atoms with E-state index in [1.54, 1.807) is 16.7 Å². The Morgan fingerprint density at radius 1 is 0.833 bits per heavy atom. The van der Waals surface area contributed by atoms with Crippen molar-refractivity contribution >= 4 is 0 Å². The Kier molecular flexibility index (Phi) is 6.84. The second-order valence-corrected chi connectivity index (χ2v) is 15.7. The van der Waals surface area contributed by atoms with E-state index in [0.717, 1.165) is 0 Å². The maximum atomic E-state index is 2.44. The zero-order valence-electron chi connectivity index (χ0n) is 14.7. The van der Waals surface area contributed by atoms with Gasteiger partial charge in [0.15, 0.2) is 0 Å². The standard InChI is InChI=1S/C9H13.2C7H7.Hf/c1-2-3-6-9-7-4-5-8-9;2*1-7-5-3-2-4-6-7;/h4,7H,2-3,5-6H2,1H3;2*2-6H,1H2;. The zero-order chi connectivity index (χ0) is 16.6. The van der Waals surface area contributed by atoms with E-state index in [1.807, 2.05) is 3.33 Å². The van der Waals surface area contributed by atoms with Crippen LogP contribution < -0.4 is 0 Å². The molecule has 2 aromatic carbocycles. The van der Waals surface area contributed by atoms with Crippen molar-refractivity contribution in [3.63, 3.8) is 0 Å². The van der Waals surface area contributed by atoms with E-state index in [-0.39, 0.29) is 0 Å². The van der Waals surface area contributed by atoms with Crippen molar-refractivity contribution < 1.29 is 21.4 Å². The van der Waals surface area contributed by atoms with Crippen molar-refractivity contribution in [3.05, 3.63) is 92.8 Å². The van der Waals surface area contributed by atoms with Gasteiger partial charge in [0.2, 0.25) is 0 Å². The molecule has 0 fully saturated rings. The molecule has 0 aliphatic heterocycles. The van der Waals surface area contributed by atoms with Crippen LogP contribution in [0.2, 0.25) is 0 Å². The fourth-order valence-electron chi connectivity index (χ4n) is 3.48. The average molecular weight is 482 g/mol. The third-order valence-electron chi connectivity index (χ3n) is 4.78. The molecule has 2 aromatic rings. The van der Waals surface area contributed by atoms with Crippen LogP contribution in [-0.2, 0) is 29.8 Å². The van der Waals surface area contributed by atoms with E-state index >= 15 is 0 Å². The van der Waals surface area contributed by atoms with Crippen molar-refractivity contribution in [2.75, 3.05) is 0 Å². The van der Waals surface area contributed by atoms with Gasteiger partial charge in [0.25, 0.3) is 0 Å². The van der Waals surface area contributed by atoms with Crippen LogP contribution in [0.15, 0.2) is 81.7 Å². The topological polar surface area (TPSA) is 0 Å². The fraction of sp³-hybridized carbons (Fsp3) is 0.304. The van der Waals surface area contributed by atoms with Gasteiger partial charge in [-0.25, -0.2) is 0 Å². The predicted octanol–water partition coefficient (Wildman–Crippen LogP) is 6.41. The minimum atomic E-state index is -1.89. The van der Waals surface area contributed by atoms with Gasteiger partial charge in [-0.3, -0.25) is 0 Å². The van der Waals surface area contributed by atoms with E-state index in [1.165, 1.54) is 34.0 Å². The summed E-state index contributed by atoms with van der Waals surface area (Å²) in [6.07, 6.45) is 10.0. The summed E-state index contributed by atoms with van der Waals surface area (Å²) < 4.78 is 4.60. The molecule has 0 nitrogen and oxygen atoms in total. The summed E-state index contributed by atoms with van der Waals surface area (Å²) in [4.78, 5) is 0. The molecule has 123 valence electrons. The molecule has 0 heterocycles. The van der Waals surface area contributed by atoms with Crippen LogP contribution in [-0.4, -0.2) is 0 Å². The molecule has 0 amide bonds. The molecule has 0 unspecified atom stereocenters. The second-order valence-electron chi connectivity index (χ2n) is 6.64. The molecule has 0 saturated heterocycles. The van der Waals surface area contributed by atoms with Gasteiger partial charge in [-0.1, -0.05) is 0 Å². The summed E-state index contributed by atoms with van der Waals surface area (Å²) >= 11 is -1.89. The van der Waals surface area contributed by atoms with Gasteiger partial charge in [-0.2, -0.15) is 0 Å². The SMILES string of the molecule is CCCCC1=[C]([Hf]([CH2]c2ccccc2)[CH2]c2ccccc2)CC=C1. The van der Waals surface area contributed by atoms with Crippen LogP contribution in [0.25, 0.3) is 0 Å². The quantitative estimate of drug-likeness (QED) is 0.382. The zero-order valence-corrected chi connectivity index (χ0v) is 18.3. The van der Waals surface area contributed by atoms with Crippen LogP contribution in [0.3, 0.4) is 0 Å². The summed E-state index contributed by atoms with van der Waals surface area (Å²) in [6.45, 7) is 2.30. The fourth-order valence-corrected chi connectivity index (χ4v) is 14.5.